The molecule has 0 bridgehead atoms. The van der Waals surface area contributed by atoms with E-state index in [0.717, 1.165) is 0 Å². The molecular formula is C16H13F3O3. The van der Waals surface area contributed by atoms with Gasteiger partial charge in [0.1, 0.15) is 5.75 Å². The van der Waals surface area contributed by atoms with Crippen LogP contribution in [0.4, 0.5) is 13.2 Å². The standard InChI is InChI=1S/C16H13F3O3/c17-16(18,19)22-14-9-5-4-8-12(14)10-13(15(20)21)11-6-2-1-3-7-11/h1-9,13H,10H2,(H,20,21). The van der Waals surface area contributed by atoms with Crippen LogP contribution in [-0.4, -0.2) is 17.4 Å². The van der Waals surface area contributed by atoms with Gasteiger partial charge in [0.05, 0.1) is 5.92 Å². The lowest BCUT2D eigenvalue weighted by Crippen LogP contribution is -2.20. The summed E-state index contributed by atoms with van der Waals surface area (Å²) in [6.45, 7) is 0. The van der Waals surface area contributed by atoms with Crippen molar-refractivity contribution in [3.63, 3.8) is 0 Å². The van der Waals surface area contributed by atoms with Crippen molar-refractivity contribution in [2.24, 2.45) is 0 Å². The molecule has 0 saturated heterocycles. The van der Waals surface area contributed by atoms with E-state index in [9.17, 15) is 23.1 Å². The number of rotatable bonds is 5. The Hall–Kier alpha value is -2.50. The van der Waals surface area contributed by atoms with Crippen molar-refractivity contribution >= 4 is 5.97 Å². The molecule has 6 heteroatoms. The van der Waals surface area contributed by atoms with Gasteiger partial charge in [-0.2, -0.15) is 0 Å². The van der Waals surface area contributed by atoms with E-state index in [2.05, 4.69) is 4.74 Å². The predicted molar refractivity (Wildman–Crippen MR) is 73.6 cm³/mol. The molecule has 2 aromatic rings. The first kappa shape index (κ1) is 15.9. The Labute approximate surface area is 125 Å². The molecule has 0 heterocycles. The third-order valence-electron chi connectivity index (χ3n) is 3.12. The van der Waals surface area contributed by atoms with E-state index in [1.807, 2.05) is 0 Å². The lowest BCUT2D eigenvalue weighted by atomic mass is 9.92. The van der Waals surface area contributed by atoms with Gasteiger partial charge in [0.2, 0.25) is 0 Å². The van der Waals surface area contributed by atoms with Crippen LogP contribution in [0.5, 0.6) is 5.75 Å². The Morgan fingerprint density at radius 2 is 1.64 bits per heavy atom. The van der Waals surface area contributed by atoms with Crippen LogP contribution in [0, 0.1) is 0 Å². The number of halogens is 3. The van der Waals surface area contributed by atoms with Crippen LogP contribution >= 0.6 is 0 Å². The Morgan fingerprint density at radius 3 is 2.23 bits per heavy atom. The van der Waals surface area contributed by atoms with Crippen LogP contribution in [0.25, 0.3) is 0 Å². The Bertz CT molecular complexity index is 639. The topological polar surface area (TPSA) is 46.5 Å². The Morgan fingerprint density at radius 1 is 1.05 bits per heavy atom. The third kappa shape index (κ3) is 4.25. The summed E-state index contributed by atoms with van der Waals surface area (Å²) in [6, 6.07) is 13.9. The summed E-state index contributed by atoms with van der Waals surface area (Å²) in [5.74, 6) is -2.43. The van der Waals surface area contributed by atoms with Crippen molar-refractivity contribution < 1.29 is 27.8 Å². The van der Waals surface area contributed by atoms with E-state index in [1.54, 1.807) is 36.4 Å². The van der Waals surface area contributed by atoms with Gasteiger partial charge in [-0.25, -0.2) is 0 Å². The number of carboxylic acids is 1. The molecule has 0 spiro atoms. The number of benzene rings is 2. The lowest BCUT2D eigenvalue weighted by Gasteiger charge is -2.17. The fourth-order valence-electron chi connectivity index (χ4n) is 2.15. The molecule has 0 aromatic heterocycles. The van der Waals surface area contributed by atoms with Crippen molar-refractivity contribution in [2.45, 2.75) is 18.7 Å². The minimum atomic E-state index is -4.82. The second-order valence-electron chi connectivity index (χ2n) is 4.66. The number of hydrogen-bond donors (Lipinski definition) is 1. The largest absolute Gasteiger partial charge is 0.573 e. The number of carbonyl (C=O) groups is 1. The third-order valence-corrected chi connectivity index (χ3v) is 3.12. The number of carboxylic acid groups (broad SMARTS) is 1. The van der Waals surface area contributed by atoms with E-state index >= 15 is 0 Å². The maximum atomic E-state index is 12.4. The van der Waals surface area contributed by atoms with Crippen LogP contribution < -0.4 is 4.74 Å². The molecule has 0 saturated carbocycles. The summed E-state index contributed by atoms with van der Waals surface area (Å²) in [5.41, 5.74) is 0.716. The van der Waals surface area contributed by atoms with Gasteiger partial charge in [0.15, 0.2) is 0 Å². The first-order valence-electron chi connectivity index (χ1n) is 6.48. The Balaban J connectivity index is 2.30. The molecule has 22 heavy (non-hydrogen) atoms. The van der Waals surface area contributed by atoms with Crippen LogP contribution in [-0.2, 0) is 11.2 Å². The molecule has 1 unspecified atom stereocenters. The summed E-state index contributed by atoms with van der Waals surface area (Å²) >= 11 is 0. The van der Waals surface area contributed by atoms with Crippen LogP contribution in [0.15, 0.2) is 54.6 Å². The van der Waals surface area contributed by atoms with Gasteiger partial charge in [-0.05, 0) is 23.6 Å². The molecule has 3 nitrogen and oxygen atoms in total. The van der Waals surface area contributed by atoms with Gasteiger partial charge < -0.3 is 9.84 Å². The highest BCUT2D eigenvalue weighted by Crippen LogP contribution is 2.30. The first-order chi connectivity index (χ1) is 10.4. The zero-order valence-electron chi connectivity index (χ0n) is 11.4. The van der Waals surface area contributed by atoms with Gasteiger partial charge in [-0.3, -0.25) is 4.79 Å². The lowest BCUT2D eigenvalue weighted by molar-refractivity contribution is -0.274. The van der Waals surface area contributed by atoms with Gasteiger partial charge >= 0.3 is 12.3 Å². The van der Waals surface area contributed by atoms with E-state index in [1.165, 1.54) is 18.2 Å². The zero-order chi connectivity index (χ0) is 16.2. The van der Waals surface area contributed by atoms with E-state index in [-0.39, 0.29) is 17.7 Å². The molecule has 0 amide bonds. The monoisotopic (exact) mass is 310 g/mol. The Kier molecular flexibility index (Phi) is 4.70. The van der Waals surface area contributed by atoms with E-state index < -0.39 is 18.2 Å². The summed E-state index contributed by atoms with van der Waals surface area (Å²) in [7, 11) is 0. The summed E-state index contributed by atoms with van der Waals surface area (Å²) in [4.78, 5) is 11.4. The van der Waals surface area contributed by atoms with Crippen molar-refractivity contribution in [2.75, 3.05) is 0 Å². The number of aliphatic carboxylic acids is 1. The molecule has 116 valence electrons. The molecule has 0 aliphatic carbocycles. The van der Waals surface area contributed by atoms with Crippen molar-refractivity contribution in [1.82, 2.24) is 0 Å². The smallest absolute Gasteiger partial charge is 0.481 e. The normalized spacial score (nSPS) is 12.7. The van der Waals surface area contributed by atoms with Crippen molar-refractivity contribution in [3.05, 3.63) is 65.7 Å². The molecule has 0 aliphatic heterocycles. The average molecular weight is 310 g/mol. The number of ether oxygens (including phenoxy) is 1. The van der Waals surface area contributed by atoms with Gasteiger partial charge in [0.25, 0.3) is 0 Å². The fourth-order valence-corrected chi connectivity index (χ4v) is 2.15. The second-order valence-corrected chi connectivity index (χ2v) is 4.66. The van der Waals surface area contributed by atoms with E-state index in [0.29, 0.717) is 5.56 Å². The quantitative estimate of drug-likeness (QED) is 0.908. The molecular weight excluding hydrogens is 297 g/mol. The molecule has 0 fully saturated rings. The predicted octanol–water partition coefficient (Wildman–Crippen LogP) is 4.00. The molecule has 1 N–H and O–H groups in total. The molecule has 2 aromatic carbocycles. The van der Waals surface area contributed by atoms with Crippen LogP contribution in [0.1, 0.15) is 17.0 Å². The number of para-hydroxylation sites is 1. The minimum Gasteiger partial charge on any atom is -0.481 e. The minimum absolute atomic E-state index is 0.0917. The molecule has 0 radical (unpaired) electrons. The first-order valence-corrected chi connectivity index (χ1v) is 6.48. The van der Waals surface area contributed by atoms with Gasteiger partial charge in [0, 0.05) is 0 Å². The summed E-state index contributed by atoms with van der Waals surface area (Å²) in [5, 5.41) is 9.35. The van der Waals surface area contributed by atoms with Crippen LogP contribution in [0.3, 0.4) is 0 Å². The second kappa shape index (κ2) is 6.51. The maximum Gasteiger partial charge on any atom is 0.573 e. The molecule has 0 aliphatic rings. The highest BCUT2D eigenvalue weighted by molar-refractivity contribution is 5.76. The number of hydrogen-bond acceptors (Lipinski definition) is 2. The van der Waals surface area contributed by atoms with Crippen molar-refractivity contribution in [3.8, 4) is 5.75 Å². The maximum absolute atomic E-state index is 12.4. The summed E-state index contributed by atoms with van der Waals surface area (Å²) in [6.07, 6.45) is -4.91. The number of alkyl halides is 3. The highest BCUT2D eigenvalue weighted by atomic mass is 19.4. The van der Waals surface area contributed by atoms with Crippen molar-refractivity contribution in [1.29, 1.82) is 0 Å². The zero-order valence-corrected chi connectivity index (χ0v) is 11.4. The molecule has 1 atom stereocenters. The fraction of sp³-hybridized carbons (Fsp3) is 0.188. The SMILES string of the molecule is O=C(O)C(Cc1ccccc1OC(F)(F)F)c1ccccc1. The van der Waals surface area contributed by atoms with E-state index in [4.69, 9.17) is 0 Å². The average Bonchev–Trinajstić information content (AvgIpc) is 2.45. The van der Waals surface area contributed by atoms with Gasteiger partial charge in [-0.1, -0.05) is 48.5 Å². The highest BCUT2D eigenvalue weighted by Gasteiger charge is 2.32. The molecule has 2 rings (SSSR count). The van der Waals surface area contributed by atoms with Crippen LogP contribution in [0.2, 0.25) is 0 Å². The van der Waals surface area contributed by atoms with Gasteiger partial charge in [-0.15, -0.1) is 13.2 Å². The summed E-state index contributed by atoms with van der Waals surface area (Å²) < 4.78 is 41.2.